The molecule has 2 heterocycles. The second-order valence-electron chi connectivity index (χ2n) is 7.48. The molecule has 0 saturated carbocycles. The van der Waals surface area contributed by atoms with E-state index >= 15 is 0 Å². The molecule has 0 bridgehead atoms. The van der Waals surface area contributed by atoms with Gasteiger partial charge in [0.2, 0.25) is 5.78 Å². The molecule has 0 aliphatic heterocycles. The molecule has 4 aromatic rings. The predicted octanol–water partition coefficient (Wildman–Crippen LogP) is 4.67. The van der Waals surface area contributed by atoms with Gasteiger partial charge in [-0.15, -0.1) is 0 Å². The molecule has 0 aliphatic rings. The van der Waals surface area contributed by atoms with Crippen LogP contribution in [0.5, 0.6) is 5.75 Å². The summed E-state index contributed by atoms with van der Waals surface area (Å²) in [5, 5.41) is 11.5. The summed E-state index contributed by atoms with van der Waals surface area (Å²) >= 11 is 0. The third-order valence-electron chi connectivity index (χ3n) is 5.57. The first-order chi connectivity index (χ1) is 15.8. The molecular formula is C25H21N3O5. The van der Waals surface area contributed by atoms with Crippen LogP contribution in [0.25, 0.3) is 5.52 Å². The number of nitro benzene ring substituents is 1. The van der Waals surface area contributed by atoms with Crippen LogP contribution in [-0.2, 0) is 0 Å². The van der Waals surface area contributed by atoms with Crippen LogP contribution in [0.15, 0.2) is 72.9 Å². The van der Waals surface area contributed by atoms with Crippen LogP contribution in [0.3, 0.4) is 0 Å². The van der Waals surface area contributed by atoms with Crippen LogP contribution in [-0.4, -0.2) is 35.2 Å². The standard InChI is InChI=1S/C25H21N3O5/c1-16-22(26(2)25(30)17-9-8-10-18(15-17)33-3)21-13-6-7-14-27(21)23(16)24(29)19-11-4-5-12-20(19)28(31)32/h4-15H,1-3H3. The summed E-state index contributed by atoms with van der Waals surface area (Å²) in [5.41, 5.74) is 2.14. The van der Waals surface area contributed by atoms with Gasteiger partial charge in [0, 0.05) is 30.4 Å². The normalized spacial score (nSPS) is 10.8. The fourth-order valence-corrected chi connectivity index (χ4v) is 4.02. The first-order valence-corrected chi connectivity index (χ1v) is 10.1. The van der Waals surface area contributed by atoms with E-state index in [0.29, 0.717) is 28.1 Å². The highest BCUT2D eigenvalue weighted by atomic mass is 16.6. The molecular weight excluding hydrogens is 422 g/mol. The lowest BCUT2D eigenvalue weighted by Crippen LogP contribution is -2.26. The number of fused-ring (bicyclic) bond motifs is 1. The third kappa shape index (κ3) is 3.71. The topological polar surface area (TPSA) is 94.2 Å². The number of rotatable bonds is 6. The maximum absolute atomic E-state index is 13.5. The number of anilines is 1. The zero-order valence-corrected chi connectivity index (χ0v) is 18.3. The quantitative estimate of drug-likeness (QED) is 0.245. The van der Waals surface area contributed by atoms with Crippen molar-refractivity contribution in [3.63, 3.8) is 0 Å². The Morgan fingerprint density at radius 2 is 1.76 bits per heavy atom. The molecule has 0 fully saturated rings. The van der Waals surface area contributed by atoms with E-state index in [1.54, 1.807) is 73.1 Å². The molecule has 2 aromatic heterocycles. The lowest BCUT2D eigenvalue weighted by molar-refractivity contribution is -0.385. The minimum Gasteiger partial charge on any atom is -0.497 e. The number of para-hydroxylation sites is 1. The van der Waals surface area contributed by atoms with Gasteiger partial charge in [-0.05, 0) is 43.3 Å². The van der Waals surface area contributed by atoms with Crippen molar-refractivity contribution in [2.45, 2.75) is 6.92 Å². The summed E-state index contributed by atoms with van der Waals surface area (Å²) in [7, 11) is 3.16. The molecule has 0 radical (unpaired) electrons. The Hall–Kier alpha value is -4.46. The average Bonchev–Trinajstić information content (AvgIpc) is 3.14. The highest BCUT2D eigenvalue weighted by Crippen LogP contribution is 2.34. The van der Waals surface area contributed by atoms with Crippen molar-refractivity contribution in [1.29, 1.82) is 0 Å². The van der Waals surface area contributed by atoms with E-state index in [0.717, 1.165) is 0 Å². The number of ether oxygens (including phenoxy) is 1. The summed E-state index contributed by atoms with van der Waals surface area (Å²) in [6, 6.07) is 18.0. The van der Waals surface area contributed by atoms with E-state index in [9.17, 15) is 19.7 Å². The number of benzene rings is 2. The highest BCUT2D eigenvalue weighted by Gasteiger charge is 2.29. The lowest BCUT2D eigenvalue weighted by atomic mass is 10.0. The van der Waals surface area contributed by atoms with Gasteiger partial charge in [0.1, 0.15) is 11.3 Å². The SMILES string of the molecule is COc1cccc(C(=O)N(C)c2c(C)c(C(=O)c3ccccc3[N+](=O)[O-])n3ccccc23)c1. The number of carbonyl (C=O) groups is 2. The maximum Gasteiger partial charge on any atom is 0.280 e. The van der Waals surface area contributed by atoms with E-state index in [2.05, 4.69) is 0 Å². The van der Waals surface area contributed by atoms with Crippen molar-refractivity contribution < 1.29 is 19.2 Å². The molecule has 2 aromatic carbocycles. The first-order valence-electron chi connectivity index (χ1n) is 10.1. The fraction of sp³-hybridized carbons (Fsp3) is 0.120. The highest BCUT2D eigenvalue weighted by molar-refractivity contribution is 6.15. The monoisotopic (exact) mass is 443 g/mol. The number of aromatic nitrogens is 1. The number of ketones is 1. The predicted molar refractivity (Wildman–Crippen MR) is 124 cm³/mol. The minimum atomic E-state index is -0.572. The van der Waals surface area contributed by atoms with Gasteiger partial charge in [-0.3, -0.25) is 19.7 Å². The first kappa shape index (κ1) is 21.8. The molecule has 0 saturated heterocycles. The minimum absolute atomic E-state index is 0.0119. The Kier molecular flexibility index (Phi) is 5.66. The number of methoxy groups -OCH3 is 1. The molecule has 0 aliphatic carbocycles. The number of pyridine rings is 1. The fourth-order valence-electron chi connectivity index (χ4n) is 4.02. The summed E-state index contributed by atoms with van der Waals surface area (Å²) in [6.07, 6.45) is 1.71. The second-order valence-corrected chi connectivity index (χ2v) is 7.48. The molecule has 8 heteroatoms. The van der Waals surface area contributed by atoms with E-state index in [4.69, 9.17) is 4.74 Å². The molecule has 33 heavy (non-hydrogen) atoms. The Morgan fingerprint density at radius 3 is 2.48 bits per heavy atom. The van der Waals surface area contributed by atoms with E-state index in [-0.39, 0.29) is 22.9 Å². The van der Waals surface area contributed by atoms with E-state index in [1.807, 2.05) is 0 Å². The summed E-state index contributed by atoms with van der Waals surface area (Å²) in [4.78, 5) is 39.2. The van der Waals surface area contributed by atoms with Gasteiger partial charge in [0.25, 0.3) is 11.6 Å². The smallest absolute Gasteiger partial charge is 0.280 e. The molecule has 0 atom stereocenters. The van der Waals surface area contributed by atoms with E-state index in [1.165, 1.54) is 30.2 Å². The van der Waals surface area contributed by atoms with Crippen molar-refractivity contribution >= 4 is 28.6 Å². The molecule has 0 spiro atoms. The molecule has 4 rings (SSSR count). The average molecular weight is 443 g/mol. The number of nitro groups is 1. The zero-order chi connectivity index (χ0) is 23.7. The molecule has 8 nitrogen and oxygen atoms in total. The van der Waals surface area contributed by atoms with Crippen molar-refractivity contribution in [3.8, 4) is 5.75 Å². The van der Waals surface area contributed by atoms with Crippen LogP contribution in [0.2, 0.25) is 0 Å². The molecule has 0 unspecified atom stereocenters. The molecule has 0 N–H and O–H groups in total. The number of hydrogen-bond donors (Lipinski definition) is 0. The molecule has 166 valence electrons. The summed E-state index contributed by atoms with van der Waals surface area (Å²) in [5.74, 6) is -0.215. The Balaban J connectivity index is 1.87. The summed E-state index contributed by atoms with van der Waals surface area (Å²) in [6.45, 7) is 1.74. The van der Waals surface area contributed by atoms with Crippen molar-refractivity contribution in [1.82, 2.24) is 4.40 Å². The van der Waals surface area contributed by atoms with Gasteiger partial charge < -0.3 is 14.0 Å². The Morgan fingerprint density at radius 1 is 1.03 bits per heavy atom. The van der Waals surface area contributed by atoms with E-state index < -0.39 is 10.7 Å². The van der Waals surface area contributed by atoms with Crippen molar-refractivity contribution in [2.24, 2.45) is 0 Å². The lowest BCUT2D eigenvalue weighted by Gasteiger charge is -2.18. The van der Waals surface area contributed by atoms with Gasteiger partial charge in [-0.1, -0.05) is 24.3 Å². The van der Waals surface area contributed by atoms with Gasteiger partial charge >= 0.3 is 0 Å². The molecule has 1 amide bonds. The Bertz CT molecular complexity index is 1410. The number of amides is 1. The van der Waals surface area contributed by atoms with Gasteiger partial charge in [0.05, 0.1) is 28.9 Å². The number of carbonyl (C=O) groups excluding carboxylic acids is 2. The number of nitrogens with zero attached hydrogens (tertiary/aromatic N) is 3. The van der Waals surface area contributed by atoms with Gasteiger partial charge in [0.15, 0.2) is 0 Å². The van der Waals surface area contributed by atoms with Crippen LogP contribution >= 0.6 is 0 Å². The van der Waals surface area contributed by atoms with Crippen LogP contribution in [0.1, 0.15) is 32.0 Å². The number of hydrogen-bond acceptors (Lipinski definition) is 5. The van der Waals surface area contributed by atoms with Crippen LogP contribution in [0, 0.1) is 17.0 Å². The third-order valence-corrected chi connectivity index (χ3v) is 5.57. The van der Waals surface area contributed by atoms with Crippen molar-refractivity contribution in [2.75, 3.05) is 19.1 Å². The zero-order valence-electron chi connectivity index (χ0n) is 18.3. The van der Waals surface area contributed by atoms with Gasteiger partial charge in [-0.2, -0.15) is 0 Å². The van der Waals surface area contributed by atoms with Crippen LogP contribution in [0.4, 0.5) is 11.4 Å². The maximum atomic E-state index is 13.5. The Labute approximate surface area is 189 Å². The summed E-state index contributed by atoms with van der Waals surface area (Å²) < 4.78 is 6.89. The second kappa shape index (κ2) is 8.58. The van der Waals surface area contributed by atoms with Crippen molar-refractivity contribution in [3.05, 3.63) is 105 Å². The largest absolute Gasteiger partial charge is 0.497 e. The van der Waals surface area contributed by atoms with Crippen LogP contribution < -0.4 is 9.64 Å². The van der Waals surface area contributed by atoms with Gasteiger partial charge in [-0.25, -0.2) is 0 Å².